The molecule has 0 radical (unpaired) electrons. The van der Waals surface area contributed by atoms with Crippen molar-refractivity contribution in [3.8, 4) is 0 Å². The maximum absolute atomic E-state index is 11.5. The van der Waals surface area contributed by atoms with E-state index in [1.807, 2.05) is 12.1 Å². The van der Waals surface area contributed by atoms with Crippen molar-refractivity contribution in [3.05, 3.63) is 24.4 Å². The molecule has 2 heterocycles. The molecule has 1 fully saturated rings. The minimum atomic E-state index is -0.628. The molecule has 0 N–H and O–H groups in total. The SMILES string of the molecule is O=C(CSSc1ccccn1)ON1C(=O)CCC1=O. The third kappa shape index (κ3) is 3.97. The molecule has 1 aromatic heterocycles. The summed E-state index contributed by atoms with van der Waals surface area (Å²) in [5.41, 5.74) is 0. The zero-order valence-electron chi connectivity index (χ0n) is 9.77. The lowest BCUT2D eigenvalue weighted by Crippen LogP contribution is -2.32. The van der Waals surface area contributed by atoms with Crippen LogP contribution in [0.1, 0.15) is 12.8 Å². The monoisotopic (exact) mass is 298 g/mol. The molecule has 1 saturated heterocycles. The largest absolute Gasteiger partial charge is 0.343 e. The first kappa shape index (κ1) is 13.9. The van der Waals surface area contributed by atoms with Gasteiger partial charge in [-0.05, 0) is 22.9 Å². The molecule has 2 rings (SSSR count). The molecule has 0 unspecified atom stereocenters. The molecule has 6 nitrogen and oxygen atoms in total. The lowest BCUT2D eigenvalue weighted by atomic mass is 10.4. The molecule has 2 amide bonds. The van der Waals surface area contributed by atoms with Crippen molar-refractivity contribution in [3.63, 3.8) is 0 Å². The van der Waals surface area contributed by atoms with Crippen LogP contribution >= 0.6 is 21.6 Å². The Bertz CT molecular complexity index is 479. The van der Waals surface area contributed by atoms with E-state index in [0.29, 0.717) is 5.06 Å². The van der Waals surface area contributed by atoms with E-state index in [0.717, 1.165) is 5.03 Å². The van der Waals surface area contributed by atoms with Crippen molar-refractivity contribution in [1.82, 2.24) is 10.0 Å². The highest BCUT2D eigenvalue weighted by atomic mass is 33.1. The number of carbonyl (C=O) groups excluding carboxylic acids is 3. The number of hydrogen-bond acceptors (Lipinski definition) is 7. The number of hydroxylamine groups is 2. The molecule has 1 aliphatic rings. The molecule has 0 atom stereocenters. The maximum Gasteiger partial charge on any atom is 0.343 e. The summed E-state index contributed by atoms with van der Waals surface area (Å²) in [4.78, 5) is 42.7. The van der Waals surface area contributed by atoms with Crippen molar-refractivity contribution >= 4 is 39.4 Å². The van der Waals surface area contributed by atoms with E-state index in [4.69, 9.17) is 4.84 Å². The Morgan fingerprint density at radius 1 is 1.32 bits per heavy atom. The molecule has 1 aliphatic heterocycles. The van der Waals surface area contributed by atoms with Crippen LogP contribution in [0.2, 0.25) is 0 Å². The van der Waals surface area contributed by atoms with Crippen LogP contribution < -0.4 is 0 Å². The van der Waals surface area contributed by atoms with E-state index in [9.17, 15) is 14.4 Å². The van der Waals surface area contributed by atoms with Gasteiger partial charge in [-0.25, -0.2) is 9.78 Å². The van der Waals surface area contributed by atoms with Crippen LogP contribution in [0, 0.1) is 0 Å². The first-order valence-corrected chi connectivity index (χ1v) is 7.76. The summed E-state index contributed by atoms with van der Waals surface area (Å²) >= 11 is 0. The smallest absolute Gasteiger partial charge is 0.329 e. The number of rotatable bonds is 5. The minimum Gasteiger partial charge on any atom is -0.329 e. The van der Waals surface area contributed by atoms with Crippen LogP contribution in [-0.2, 0) is 19.2 Å². The third-order valence-corrected chi connectivity index (χ3v) is 4.26. The van der Waals surface area contributed by atoms with Gasteiger partial charge in [-0.15, -0.1) is 5.06 Å². The number of amides is 2. The van der Waals surface area contributed by atoms with E-state index < -0.39 is 17.8 Å². The summed E-state index contributed by atoms with van der Waals surface area (Å²) in [7, 11) is 2.56. The molecule has 19 heavy (non-hydrogen) atoms. The molecule has 0 saturated carbocycles. The Morgan fingerprint density at radius 3 is 2.68 bits per heavy atom. The quantitative estimate of drug-likeness (QED) is 0.601. The zero-order valence-corrected chi connectivity index (χ0v) is 11.4. The van der Waals surface area contributed by atoms with E-state index in [1.165, 1.54) is 21.6 Å². The Kier molecular flexibility index (Phi) is 4.80. The van der Waals surface area contributed by atoms with Gasteiger partial charge in [0.25, 0.3) is 11.8 Å². The predicted molar refractivity (Wildman–Crippen MR) is 69.7 cm³/mol. The van der Waals surface area contributed by atoms with Crippen molar-refractivity contribution in [2.24, 2.45) is 0 Å². The average molecular weight is 298 g/mol. The number of hydrogen-bond donors (Lipinski definition) is 0. The first-order chi connectivity index (χ1) is 9.16. The third-order valence-electron chi connectivity index (χ3n) is 2.16. The van der Waals surface area contributed by atoms with Gasteiger partial charge in [0.05, 0.1) is 0 Å². The summed E-state index contributed by atoms with van der Waals surface area (Å²) in [6.07, 6.45) is 1.85. The lowest BCUT2D eigenvalue weighted by molar-refractivity contribution is -0.195. The number of imide groups is 1. The molecule has 0 aliphatic carbocycles. The van der Waals surface area contributed by atoms with Crippen LogP contribution in [-0.4, -0.2) is 33.6 Å². The Hall–Kier alpha value is -1.54. The number of pyridine rings is 1. The minimum absolute atomic E-state index is 0.0261. The second kappa shape index (κ2) is 6.58. The average Bonchev–Trinajstić information content (AvgIpc) is 2.72. The summed E-state index contributed by atoms with van der Waals surface area (Å²) in [6, 6.07) is 5.46. The van der Waals surface area contributed by atoms with Crippen LogP contribution in [0.25, 0.3) is 0 Å². The van der Waals surface area contributed by atoms with E-state index in [2.05, 4.69) is 4.98 Å². The molecular formula is C11H10N2O4S2. The van der Waals surface area contributed by atoms with Gasteiger partial charge in [0.1, 0.15) is 10.8 Å². The van der Waals surface area contributed by atoms with Gasteiger partial charge < -0.3 is 4.84 Å². The predicted octanol–water partition coefficient (Wildman–Crippen LogP) is 1.43. The van der Waals surface area contributed by atoms with Crippen LogP contribution in [0.5, 0.6) is 0 Å². The van der Waals surface area contributed by atoms with E-state index in [1.54, 1.807) is 12.3 Å². The highest BCUT2D eigenvalue weighted by Gasteiger charge is 2.32. The molecule has 1 aromatic rings. The Morgan fingerprint density at radius 2 is 2.05 bits per heavy atom. The van der Waals surface area contributed by atoms with Crippen LogP contribution in [0.4, 0.5) is 0 Å². The van der Waals surface area contributed by atoms with Crippen molar-refractivity contribution < 1.29 is 19.2 Å². The van der Waals surface area contributed by atoms with Gasteiger partial charge in [-0.3, -0.25) is 9.59 Å². The molecule has 0 aromatic carbocycles. The topological polar surface area (TPSA) is 76.6 Å². The van der Waals surface area contributed by atoms with Crippen molar-refractivity contribution in [2.45, 2.75) is 17.9 Å². The molecule has 8 heteroatoms. The van der Waals surface area contributed by atoms with Gasteiger partial charge in [-0.1, -0.05) is 16.9 Å². The van der Waals surface area contributed by atoms with Gasteiger partial charge in [0.15, 0.2) is 0 Å². The maximum atomic E-state index is 11.5. The Balaban J connectivity index is 1.73. The fourth-order valence-electron chi connectivity index (χ4n) is 1.32. The highest BCUT2D eigenvalue weighted by Crippen LogP contribution is 2.29. The molecule has 100 valence electrons. The van der Waals surface area contributed by atoms with Crippen LogP contribution in [0.15, 0.2) is 29.4 Å². The fourth-order valence-corrected chi connectivity index (χ4v) is 3.01. The zero-order chi connectivity index (χ0) is 13.7. The highest BCUT2D eigenvalue weighted by molar-refractivity contribution is 8.76. The summed E-state index contributed by atoms with van der Waals surface area (Å²) in [6.45, 7) is 0. The van der Waals surface area contributed by atoms with Gasteiger partial charge >= 0.3 is 5.97 Å². The normalized spacial score (nSPS) is 14.8. The van der Waals surface area contributed by atoms with E-state index in [-0.39, 0.29) is 18.6 Å². The number of aromatic nitrogens is 1. The van der Waals surface area contributed by atoms with Crippen LogP contribution in [0.3, 0.4) is 0 Å². The molecular weight excluding hydrogens is 288 g/mol. The summed E-state index contributed by atoms with van der Waals surface area (Å²) < 4.78 is 0. The first-order valence-electron chi connectivity index (χ1n) is 5.44. The van der Waals surface area contributed by atoms with Gasteiger partial charge in [0.2, 0.25) is 0 Å². The second-order valence-corrected chi connectivity index (χ2v) is 5.88. The fraction of sp³-hybridized carbons (Fsp3) is 0.273. The summed E-state index contributed by atoms with van der Waals surface area (Å²) in [5.74, 6) is -1.54. The molecule has 0 bridgehead atoms. The van der Waals surface area contributed by atoms with E-state index >= 15 is 0 Å². The standard InChI is InChI=1S/C11H10N2O4S2/c14-9-4-5-10(15)13(9)17-11(16)7-18-19-8-3-1-2-6-12-8/h1-3,6H,4-5,7H2. The Labute approximate surface area is 117 Å². The lowest BCUT2D eigenvalue weighted by Gasteiger charge is -2.11. The van der Waals surface area contributed by atoms with Gasteiger partial charge in [-0.2, -0.15) is 0 Å². The number of carbonyl (C=O) groups is 3. The van der Waals surface area contributed by atoms with Crippen molar-refractivity contribution in [2.75, 3.05) is 5.75 Å². The van der Waals surface area contributed by atoms with Gasteiger partial charge in [0, 0.05) is 19.0 Å². The molecule has 0 spiro atoms. The second-order valence-electron chi connectivity index (χ2n) is 3.56. The summed E-state index contributed by atoms with van der Waals surface area (Å²) in [5, 5.41) is 1.32. The van der Waals surface area contributed by atoms with Crippen molar-refractivity contribution in [1.29, 1.82) is 0 Å². The number of nitrogens with zero attached hydrogens (tertiary/aromatic N) is 2.